The third-order valence-corrected chi connectivity index (χ3v) is 5.05. The number of rotatable bonds is 1. The van der Waals surface area contributed by atoms with Gasteiger partial charge in [0, 0.05) is 24.9 Å². The minimum Gasteiger partial charge on any atom is -0.399 e. The molecule has 0 aromatic heterocycles. The summed E-state index contributed by atoms with van der Waals surface area (Å²) in [5, 5.41) is 29.3. The van der Waals surface area contributed by atoms with Crippen LogP contribution in [-0.4, -0.2) is 25.0 Å². The van der Waals surface area contributed by atoms with Gasteiger partial charge in [-0.1, -0.05) is 18.2 Å². The standard InChI is InChI=1S/C19H16FN5/c1-25-6-5-14-15(8-21)18(24)19(10-22,11-23)17(16(14)9-25)12-3-2-4-13(20)7-12/h2-5,7,16-17H,6,9,24H2,1H3/t16-,17-/m1/s1. The first-order valence-electron chi connectivity index (χ1n) is 7.85. The highest BCUT2D eigenvalue weighted by atomic mass is 19.1. The highest BCUT2D eigenvalue weighted by molar-refractivity contribution is 5.59. The quantitative estimate of drug-likeness (QED) is 0.849. The molecule has 0 spiro atoms. The maximum absolute atomic E-state index is 13.8. The first-order chi connectivity index (χ1) is 12.0. The number of fused-ring (bicyclic) bond motifs is 1. The van der Waals surface area contributed by atoms with Crippen molar-refractivity contribution in [1.82, 2.24) is 4.90 Å². The number of halogens is 1. The fraction of sp³-hybridized carbons (Fsp3) is 0.316. The molecular weight excluding hydrogens is 317 g/mol. The molecule has 1 aliphatic heterocycles. The summed E-state index contributed by atoms with van der Waals surface area (Å²) in [4.78, 5) is 2.04. The van der Waals surface area contributed by atoms with Gasteiger partial charge < -0.3 is 10.6 Å². The van der Waals surface area contributed by atoms with Crippen LogP contribution in [0.3, 0.4) is 0 Å². The van der Waals surface area contributed by atoms with Crippen LogP contribution in [-0.2, 0) is 0 Å². The van der Waals surface area contributed by atoms with Crippen LogP contribution < -0.4 is 5.73 Å². The third-order valence-electron chi connectivity index (χ3n) is 5.05. The van der Waals surface area contributed by atoms with Crippen molar-refractivity contribution in [3.05, 3.63) is 58.6 Å². The van der Waals surface area contributed by atoms with Crippen molar-refractivity contribution in [2.45, 2.75) is 5.92 Å². The SMILES string of the molecule is CN1CC=C2C(C#N)=C(N)C(C#N)(C#N)[C@H](c3cccc(F)c3)[C@@H]2C1. The Morgan fingerprint density at radius 3 is 2.60 bits per heavy atom. The van der Waals surface area contributed by atoms with Crippen LogP contribution in [0.15, 0.2) is 47.2 Å². The lowest BCUT2D eigenvalue weighted by molar-refractivity contribution is 0.237. The Labute approximate surface area is 145 Å². The Balaban J connectivity index is 2.34. The highest BCUT2D eigenvalue weighted by Gasteiger charge is 2.54. The highest BCUT2D eigenvalue weighted by Crippen LogP contribution is 2.53. The number of nitrogens with two attached hydrogens (primary N) is 1. The van der Waals surface area contributed by atoms with E-state index in [1.165, 1.54) is 12.1 Å². The normalized spacial score (nSPS) is 25.2. The van der Waals surface area contributed by atoms with Gasteiger partial charge >= 0.3 is 0 Å². The number of allylic oxidation sites excluding steroid dienone is 2. The van der Waals surface area contributed by atoms with Gasteiger partial charge in [0.15, 0.2) is 5.41 Å². The topological polar surface area (TPSA) is 101 Å². The maximum atomic E-state index is 13.8. The molecular formula is C19H16FN5. The van der Waals surface area contributed by atoms with Gasteiger partial charge in [0.25, 0.3) is 0 Å². The van der Waals surface area contributed by atoms with E-state index in [1.807, 2.05) is 30.2 Å². The second kappa shape index (κ2) is 6.06. The summed E-state index contributed by atoms with van der Waals surface area (Å²) in [5.41, 5.74) is 5.89. The Morgan fingerprint density at radius 2 is 2.00 bits per heavy atom. The lowest BCUT2D eigenvalue weighted by Gasteiger charge is -2.45. The molecule has 2 N–H and O–H groups in total. The van der Waals surface area contributed by atoms with Crippen molar-refractivity contribution in [3.8, 4) is 18.2 Å². The minimum absolute atomic E-state index is 0.0404. The van der Waals surface area contributed by atoms with E-state index in [9.17, 15) is 20.2 Å². The first kappa shape index (κ1) is 16.7. The molecule has 0 unspecified atom stereocenters. The Morgan fingerprint density at radius 1 is 1.28 bits per heavy atom. The number of likely N-dealkylation sites (N-methyl/N-ethyl adjacent to an activating group) is 1. The van der Waals surface area contributed by atoms with Crippen molar-refractivity contribution >= 4 is 0 Å². The van der Waals surface area contributed by atoms with E-state index in [0.29, 0.717) is 18.7 Å². The maximum Gasteiger partial charge on any atom is 0.191 e. The molecule has 1 aromatic carbocycles. The summed E-state index contributed by atoms with van der Waals surface area (Å²) < 4.78 is 13.8. The number of benzene rings is 1. The van der Waals surface area contributed by atoms with E-state index < -0.39 is 17.2 Å². The van der Waals surface area contributed by atoms with Crippen molar-refractivity contribution in [1.29, 1.82) is 15.8 Å². The molecule has 2 aliphatic rings. The number of nitriles is 3. The van der Waals surface area contributed by atoms with E-state index >= 15 is 0 Å². The summed E-state index contributed by atoms with van der Waals surface area (Å²) in [6.07, 6.45) is 1.91. The number of hydrogen-bond donors (Lipinski definition) is 1. The van der Waals surface area contributed by atoms with Gasteiger partial charge in [0.05, 0.1) is 23.4 Å². The van der Waals surface area contributed by atoms with Crippen LogP contribution in [0.25, 0.3) is 0 Å². The van der Waals surface area contributed by atoms with Crippen LogP contribution in [0, 0.1) is 51.1 Å². The molecule has 25 heavy (non-hydrogen) atoms. The largest absolute Gasteiger partial charge is 0.399 e. The molecule has 3 rings (SSSR count). The van der Waals surface area contributed by atoms with Gasteiger partial charge in [-0.3, -0.25) is 0 Å². The average Bonchev–Trinajstić information content (AvgIpc) is 2.61. The van der Waals surface area contributed by atoms with E-state index in [1.54, 1.807) is 12.1 Å². The lowest BCUT2D eigenvalue weighted by atomic mass is 9.58. The van der Waals surface area contributed by atoms with Crippen molar-refractivity contribution in [2.24, 2.45) is 17.1 Å². The van der Waals surface area contributed by atoms with Crippen LogP contribution in [0.4, 0.5) is 4.39 Å². The van der Waals surface area contributed by atoms with Crippen LogP contribution >= 0.6 is 0 Å². The second-order valence-corrected chi connectivity index (χ2v) is 6.45. The number of nitrogens with zero attached hydrogens (tertiary/aromatic N) is 4. The Hall–Kier alpha value is -3.14. The molecule has 0 bridgehead atoms. The molecule has 1 aliphatic carbocycles. The van der Waals surface area contributed by atoms with Gasteiger partial charge in [-0.2, -0.15) is 15.8 Å². The first-order valence-corrected chi connectivity index (χ1v) is 7.85. The average molecular weight is 333 g/mol. The van der Waals surface area contributed by atoms with Crippen LogP contribution in [0.1, 0.15) is 11.5 Å². The third kappa shape index (κ3) is 2.38. The molecule has 0 fully saturated rings. The summed E-state index contributed by atoms with van der Waals surface area (Å²) in [7, 11) is 1.92. The van der Waals surface area contributed by atoms with Crippen molar-refractivity contribution in [3.63, 3.8) is 0 Å². The van der Waals surface area contributed by atoms with E-state index in [4.69, 9.17) is 5.73 Å². The predicted molar refractivity (Wildman–Crippen MR) is 88.7 cm³/mol. The zero-order chi connectivity index (χ0) is 18.2. The predicted octanol–water partition coefficient (Wildman–Crippen LogP) is 2.18. The molecule has 0 radical (unpaired) electrons. The summed E-state index contributed by atoms with van der Waals surface area (Å²) in [6, 6.07) is 12.0. The fourth-order valence-corrected chi connectivity index (χ4v) is 3.90. The van der Waals surface area contributed by atoms with Gasteiger partial charge in [0.2, 0.25) is 0 Å². The molecule has 6 heteroatoms. The Bertz CT molecular complexity index is 895. The molecule has 0 saturated heterocycles. The van der Waals surface area contributed by atoms with E-state index in [2.05, 4.69) is 6.07 Å². The molecule has 124 valence electrons. The zero-order valence-electron chi connectivity index (χ0n) is 13.7. The van der Waals surface area contributed by atoms with E-state index in [-0.39, 0.29) is 17.2 Å². The smallest absolute Gasteiger partial charge is 0.191 e. The lowest BCUT2D eigenvalue weighted by Crippen LogP contribution is -2.47. The minimum atomic E-state index is -1.71. The molecule has 5 nitrogen and oxygen atoms in total. The molecule has 2 atom stereocenters. The van der Waals surface area contributed by atoms with Crippen molar-refractivity contribution < 1.29 is 4.39 Å². The molecule has 0 amide bonds. The van der Waals surface area contributed by atoms with E-state index in [0.717, 1.165) is 5.57 Å². The van der Waals surface area contributed by atoms with Gasteiger partial charge in [-0.15, -0.1) is 0 Å². The molecule has 1 aromatic rings. The van der Waals surface area contributed by atoms with Gasteiger partial charge in [-0.05, 0) is 30.3 Å². The van der Waals surface area contributed by atoms with Crippen molar-refractivity contribution in [2.75, 3.05) is 20.1 Å². The Kier molecular flexibility index (Phi) is 4.05. The van der Waals surface area contributed by atoms with Crippen LogP contribution in [0.2, 0.25) is 0 Å². The van der Waals surface area contributed by atoms with Gasteiger partial charge in [-0.25, -0.2) is 4.39 Å². The molecule has 1 heterocycles. The zero-order valence-corrected chi connectivity index (χ0v) is 13.7. The molecule has 0 saturated carbocycles. The van der Waals surface area contributed by atoms with Crippen LogP contribution in [0.5, 0.6) is 0 Å². The summed E-state index contributed by atoms with van der Waals surface area (Å²) >= 11 is 0. The monoisotopic (exact) mass is 333 g/mol. The second-order valence-electron chi connectivity index (χ2n) is 6.45. The summed E-state index contributed by atoms with van der Waals surface area (Å²) in [6.45, 7) is 1.20. The number of hydrogen-bond acceptors (Lipinski definition) is 5. The summed E-state index contributed by atoms with van der Waals surface area (Å²) in [5.74, 6) is -1.38. The fourth-order valence-electron chi connectivity index (χ4n) is 3.90. The van der Waals surface area contributed by atoms with Gasteiger partial charge in [0.1, 0.15) is 11.9 Å².